The monoisotopic (exact) mass is 488 g/mol. The van der Waals surface area contributed by atoms with Crippen molar-refractivity contribution in [3.05, 3.63) is 115 Å². The summed E-state index contributed by atoms with van der Waals surface area (Å²) in [7, 11) is 0. The van der Waals surface area contributed by atoms with Crippen LogP contribution in [-0.4, -0.2) is 25.9 Å². The van der Waals surface area contributed by atoms with E-state index in [4.69, 9.17) is 0 Å². The summed E-state index contributed by atoms with van der Waals surface area (Å²) >= 11 is 0. The first-order valence-electron chi connectivity index (χ1n) is 12.5. The van der Waals surface area contributed by atoms with Gasteiger partial charge in [0, 0.05) is 36.1 Å². The lowest BCUT2D eigenvalue weighted by Gasteiger charge is -2.11. The van der Waals surface area contributed by atoms with Crippen LogP contribution in [0.25, 0.3) is 0 Å². The van der Waals surface area contributed by atoms with E-state index >= 15 is 0 Å². The standard InChI is InChI=1S/C16H20N2O2.C13H16N2O/c1-4-14(19)18-15(11(2)3)13(16(20)17-18)10-12-8-6-5-7-9-12;1-9(2)12-11(13(16)15-14-12)8-10-6-4-3-5-7-10/h5-9,11H,4,10H2,1-3H3,(H,17,20);3-7,9H,8H2,1-2H3,(H2,14,15,16). The molecule has 0 spiro atoms. The predicted octanol–water partition coefficient (Wildman–Crippen LogP) is 5.36. The fourth-order valence-electron chi connectivity index (χ4n) is 4.28. The summed E-state index contributed by atoms with van der Waals surface area (Å²) in [6, 6.07) is 19.9. The zero-order chi connectivity index (χ0) is 26.2. The summed E-state index contributed by atoms with van der Waals surface area (Å²) in [6.07, 6.45) is 1.61. The molecule has 0 aliphatic carbocycles. The Balaban J connectivity index is 0.000000205. The number of nitrogens with zero attached hydrogens (tertiary/aromatic N) is 1. The predicted molar refractivity (Wildman–Crippen MR) is 144 cm³/mol. The average Bonchev–Trinajstić information content (AvgIpc) is 3.40. The maximum absolute atomic E-state index is 12.2. The van der Waals surface area contributed by atoms with E-state index in [1.54, 1.807) is 6.92 Å². The fourth-order valence-corrected chi connectivity index (χ4v) is 4.28. The largest absolute Gasteiger partial charge is 0.302 e. The molecule has 0 atom stereocenters. The van der Waals surface area contributed by atoms with Gasteiger partial charge in [-0.05, 0) is 23.0 Å². The third-order valence-corrected chi connectivity index (χ3v) is 6.07. The Labute approximate surface area is 211 Å². The maximum atomic E-state index is 12.2. The maximum Gasteiger partial charge on any atom is 0.268 e. The van der Waals surface area contributed by atoms with Crippen LogP contribution in [0.5, 0.6) is 0 Å². The molecule has 2 aromatic carbocycles. The van der Waals surface area contributed by atoms with E-state index in [0.717, 1.165) is 28.1 Å². The van der Waals surface area contributed by atoms with E-state index in [2.05, 4.69) is 29.1 Å². The molecule has 0 saturated carbocycles. The second kappa shape index (κ2) is 12.2. The zero-order valence-corrected chi connectivity index (χ0v) is 21.7. The molecule has 36 heavy (non-hydrogen) atoms. The molecule has 190 valence electrons. The summed E-state index contributed by atoms with van der Waals surface area (Å²) in [5.41, 5.74) is 5.40. The van der Waals surface area contributed by atoms with Crippen LogP contribution in [0.1, 0.15) is 91.3 Å². The van der Waals surface area contributed by atoms with Crippen LogP contribution in [0.15, 0.2) is 70.3 Å². The van der Waals surface area contributed by atoms with Crippen molar-refractivity contribution < 1.29 is 4.79 Å². The molecule has 2 aromatic heterocycles. The Morgan fingerprint density at radius 2 is 1.28 bits per heavy atom. The van der Waals surface area contributed by atoms with Gasteiger partial charge in [0.1, 0.15) is 0 Å². The van der Waals surface area contributed by atoms with Gasteiger partial charge in [-0.1, -0.05) is 95.3 Å². The smallest absolute Gasteiger partial charge is 0.268 e. The Hall–Kier alpha value is -3.87. The van der Waals surface area contributed by atoms with Gasteiger partial charge in [0.15, 0.2) is 0 Å². The Bertz CT molecular complexity index is 1370. The number of benzene rings is 2. The van der Waals surface area contributed by atoms with E-state index < -0.39 is 0 Å². The van der Waals surface area contributed by atoms with Gasteiger partial charge in [0.2, 0.25) is 5.91 Å². The van der Waals surface area contributed by atoms with Crippen molar-refractivity contribution in [1.29, 1.82) is 0 Å². The number of nitrogens with one attached hydrogen (secondary N) is 3. The number of hydrogen-bond acceptors (Lipinski definition) is 3. The Morgan fingerprint density at radius 3 is 1.75 bits per heavy atom. The molecule has 4 aromatic rings. The molecule has 7 nitrogen and oxygen atoms in total. The number of carbonyl (C=O) groups excluding carboxylic acids is 1. The van der Waals surface area contributed by atoms with Gasteiger partial charge < -0.3 is 5.10 Å². The van der Waals surface area contributed by atoms with E-state index in [-0.39, 0.29) is 22.9 Å². The third-order valence-electron chi connectivity index (χ3n) is 6.07. The lowest BCUT2D eigenvalue weighted by Crippen LogP contribution is -2.16. The molecule has 2 heterocycles. The summed E-state index contributed by atoms with van der Waals surface area (Å²) in [5.74, 6) is 0.367. The zero-order valence-electron chi connectivity index (χ0n) is 21.7. The molecule has 0 saturated heterocycles. The lowest BCUT2D eigenvalue weighted by molar-refractivity contribution is 0.0887. The van der Waals surface area contributed by atoms with Crippen molar-refractivity contribution >= 4 is 5.91 Å². The van der Waals surface area contributed by atoms with Crippen LogP contribution >= 0.6 is 0 Å². The van der Waals surface area contributed by atoms with Gasteiger partial charge in [0.05, 0.1) is 5.69 Å². The van der Waals surface area contributed by atoms with Crippen LogP contribution < -0.4 is 11.1 Å². The molecule has 3 N–H and O–H groups in total. The molecule has 0 bridgehead atoms. The summed E-state index contributed by atoms with van der Waals surface area (Å²) < 4.78 is 1.42. The SMILES string of the molecule is CC(C)c1[nH][nH]c(=O)c1Cc1ccccc1.CCC(=O)n1[nH]c(=O)c(Cc2ccccc2)c1C(C)C. The number of aromatic nitrogens is 4. The van der Waals surface area contributed by atoms with Gasteiger partial charge in [-0.15, -0.1) is 0 Å². The minimum absolute atomic E-state index is 0.00690. The molecular weight excluding hydrogens is 452 g/mol. The van der Waals surface area contributed by atoms with E-state index in [9.17, 15) is 14.4 Å². The first kappa shape index (κ1) is 26.7. The fraction of sp³-hybridized carbons (Fsp3) is 0.345. The summed E-state index contributed by atoms with van der Waals surface area (Å²) in [5, 5.41) is 8.29. The Morgan fingerprint density at radius 1 is 0.750 bits per heavy atom. The van der Waals surface area contributed by atoms with Crippen molar-refractivity contribution in [2.75, 3.05) is 0 Å². The van der Waals surface area contributed by atoms with Gasteiger partial charge in [-0.25, -0.2) is 4.68 Å². The normalized spacial score (nSPS) is 11.0. The minimum Gasteiger partial charge on any atom is -0.302 e. The van der Waals surface area contributed by atoms with Crippen LogP contribution in [0, 0.1) is 0 Å². The van der Waals surface area contributed by atoms with Crippen LogP contribution in [-0.2, 0) is 12.8 Å². The van der Waals surface area contributed by atoms with Crippen LogP contribution in [0.3, 0.4) is 0 Å². The van der Waals surface area contributed by atoms with Crippen LogP contribution in [0.2, 0.25) is 0 Å². The lowest BCUT2D eigenvalue weighted by atomic mass is 9.99. The molecule has 0 radical (unpaired) electrons. The number of aromatic amines is 3. The second-order valence-electron chi connectivity index (χ2n) is 9.49. The van der Waals surface area contributed by atoms with Crippen molar-refractivity contribution in [3.8, 4) is 0 Å². The van der Waals surface area contributed by atoms with E-state index in [1.165, 1.54) is 4.68 Å². The molecule has 0 fully saturated rings. The Kier molecular flexibility index (Phi) is 9.06. The average molecular weight is 489 g/mol. The highest BCUT2D eigenvalue weighted by molar-refractivity contribution is 5.78. The number of rotatable bonds is 7. The van der Waals surface area contributed by atoms with Crippen molar-refractivity contribution in [3.63, 3.8) is 0 Å². The quantitative estimate of drug-likeness (QED) is 0.326. The first-order chi connectivity index (χ1) is 17.2. The van der Waals surface area contributed by atoms with Gasteiger partial charge in [-0.2, -0.15) is 0 Å². The molecule has 0 aliphatic heterocycles. The molecule has 0 aliphatic rings. The van der Waals surface area contributed by atoms with Gasteiger partial charge in [0.25, 0.3) is 11.1 Å². The highest BCUT2D eigenvalue weighted by Gasteiger charge is 2.20. The molecule has 7 heteroatoms. The summed E-state index contributed by atoms with van der Waals surface area (Å²) in [6.45, 7) is 9.94. The van der Waals surface area contributed by atoms with Crippen molar-refractivity contribution in [2.24, 2.45) is 0 Å². The number of hydrogen-bond donors (Lipinski definition) is 3. The second-order valence-corrected chi connectivity index (χ2v) is 9.49. The van der Waals surface area contributed by atoms with E-state index in [1.807, 2.05) is 74.5 Å². The van der Waals surface area contributed by atoms with Crippen LogP contribution in [0.4, 0.5) is 0 Å². The first-order valence-corrected chi connectivity index (χ1v) is 12.5. The number of carbonyl (C=O) groups is 1. The highest BCUT2D eigenvalue weighted by atomic mass is 16.2. The topological polar surface area (TPSA) is 104 Å². The number of H-pyrrole nitrogens is 3. The van der Waals surface area contributed by atoms with E-state index in [0.29, 0.717) is 30.7 Å². The van der Waals surface area contributed by atoms with Gasteiger partial charge >= 0.3 is 0 Å². The molecule has 0 amide bonds. The van der Waals surface area contributed by atoms with Gasteiger partial charge in [-0.3, -0.25) is 24.6 Å². The molecule has 4 rings (SSSR count). The molecular formula is C29H36N4O3. The minimum atomic E-state index is -0.167. The molecule has 0 unspecified atom stereocenters. The van der Waals surface area contributed by atoms with Crippen molar-refractivity contribution in [1.82, 2.24) is 20.0 Å². The summed E-state index contributed by atoms with van der Waals surface area (Å²) in [4.78, 5) is 35.8. The highest BCUT2D eigenvalue weighted by Crippen LogP contribution is 2.20. The third kappa shape index (κ3) is 6.42. The van der Waals surface area contributed by atoms with Crippen molar-refractivity contribution in [2.45, 2.75) is 65.7 Å².